The number of aromatic amines is 1. The lowest BCUT2D eigenvalue weighted by atomic mass is 9.82. The number of para-hydroxylation sites is 2. The molecule has 0 atom stereocenters. The lowest BCUT2D eigenvalue weighted by Gasteiger charge is -2.22. The van der Waals surface area contributed by atoms with Crippen molar-refractivity contribution in [2.24, 2.45) is 0 Å². The van der Waals surface area contributed by atoms with Crippen LogP contribution in [0.3, 0.4) is 0 Å². The number of hydrogen-bond donors (Lipinski definition) is 1. The van der Waals surface area contributed by atoms with E-state index < -0.39 is 0 Å². The first-order chi connectivity index (χ1) is 17.0. The summed E-state index contributed by atoms with van der Waals surface area (Å²) in [4.78, 5) is 8.57. The van der Waals surface area contributed by atoms with Crippen LogP contribution >= 0.6 is 0 Å². The minimum Gasteiger partial charge on any atom is -0.338 e. The van der Waals surface area contributed by atoms with Gasteiger partial charge in [0.05, 0.1) is 11.0 Å². The molecule has 0 radical (unpaired) electrons. The van der Waals surface area contributed by atoms with Crippen LogP contribution in [-0.2, 0) is 5.41 Å². The van der Waals surface area contributed by atoms with E-state index in [4.69, 9.17) is 4.98 Å². The zero-order valence-electron chi connectivity index (χ0n) is 20.2. The van der Waals surface area contributed by atoms with Gasteiger partial charge in [-0.15, -0.1) is 0 Å². The molecule has 1 N–H and O–H groups in total. The average molecular weight is 451 g/mol. The number of nitrogens with zero attached hydrogens (tertiary/aromatic N) is 1. The van der Waals surface area contributed by atoms with E-state index >= 15 is 0 Å². The molecule has 0 spiro atoms. The fourth-order valence-corrected chi connectivity index (χ4v) is 5.48. The number of aromatic nitrogens is 2. The van der Waals surface area contributed by atoms with Crippen molar-refractivity contribution in [2.75, 3.05) is 0 Å². The molecule has 0 aliphatic carbocycles. The quantitative estimate of drug-likeness (QED) is 0.261. The van der Waals surface area contributed by atoms with Gasteiger partial charge in [-0.2, -0.15) is 0 Å². The molecule has 2 heteroatoms. The summed E-state index contributed by atoms with van der Waals surface area (Å²) >= 11 is 0. The Kier molecular flexibility index (Phi) is 4.14. The lowest BCUT2D eigenvalue weighted by molar-refractivity contribution is 0.591. The van der Waals surface area contributed by atoms with E-state index in [2.05, 4.69) is 117 Å². The lowest BCUT2D eigenvalue weighted by Crippen LogP contribution is -2.10. The van der Waals surface area contributed by atoms with E-state index in [1.54, 1.807) is 0 Å². The summed E-state index contributed by atoms with van der Waals surface area (Å²) in [6.45, 7) is 6.85. The third kappa shape index (κ3) is 3.06. The molecule has 1 aromatic heterocycles. The Bertz CT molecular complexity index is 1820. The van der Waals surface area contributed by atoms with Crippen LogP contribution in [0.15, 0.2) is 97.1 Å². The van der Waals surface area contributed by atoms with Gasteiger partial charge < -0.3 is 4.98 Å². The van der Waals surface area contributed by atoms with Crippen molar-refractivity contribution in [2.45, 2.75) is 26.2 Å². The number of benzene rings is 6. The molecule has 168 valence electrons. The maximum Gasteiger partial charge on any atom is 0.139 e. The highest BCUT2D eigenvalue weighted by atomic mass is 14.9. The van der Waals surface area contributed by atoms with Crippen molar-refractivity contribution in [3.05, 3.63) is 103 Å². The molecule has 0 saturated heterocycles. The normalized spacial score (nSPS) is 12.4. The van der Waals surface area contributed by atoms with Crippen molar-refractivity contribution in [3.63, 3.8) is 0 Å². The second kappa shape index (κ2) is 7.16. The standard InChI is InChI=1S/C33H26N2/c1-33(2,3)23-17-21-13-15-24-26(20-9-5-4-6-10-20)19-27(25-16-14-22(18-23)30(21)31(24)25)32-34-28-11-7-8-12-29(28)35-32/h4-19H,1-3H3,(H,34,35). The zero-order chi connectivity index (χ0) is 23.7. The minimum atomic E-state index is 0.0963. The molecule has 1 heterocycles. The number of imidazole rings is 1. The van der Waals surface area contributed by atoms with Crippen LogP contribution in [0, 0.1) is 0 Å². The molecular formula is C33H26N2. The van der Waals surface area contributed by atoms with Crippen molar-refractivity contribution < 1.29 is 0 Å². The van der Waals surface area contributed by atoms with E-state index in [-0.39, 0.29) is 5.41 Å². The van der Waals surface area contributed by atoms with Crippen molar-refractivity contribution in [3.8, 4) is 22.5 Å². The molecule has 0 aliphatic rings. The smallest absolute Gasteiger partial charge is 0.139 e. The van der Waals surface area contributed by atoms with E-state index in [9.17, 15) is 0 Å². The number of nitrogens with one attached hydrogen (secondary N) is 1. The Hall–Kier alpha value is -4.17. The van der Waals surface area contributed by atoms with Gasteiger partial charge in [-0.25, -0.2) is 4.98 Å². The molecular weight excluding hydrogens is 424 g/mol. The van der Waals surface area contributed by atoms with Gasteiger partial charge in [0.2, 0.25) is 0 Å². The summed E-state index contributed by atoms with van der Waals surface area (Å²) in [7, 11) is 0. The molecule has 0 fully saturated rings. The third-order valence-electron chi connectivity index (χ3n) is 7.31. The maximum absolute atomic E-state index is 4.99. The molecule has 2 nitrogen and oxygen atoms in total. The first-order valence-electron chi connectivity index (χ1n) is 12.2. The van der Waals surface area contributed by atoms with Crippen molar-refractivity contribution in [1.29, 1.82) is 0 Å². The first kappa shape index (κ1) is 20.2. The molecule has 7 rings (SSSR count). The van der Waals surface area contributed by atoms with Crippen LogP contribution in [0.1, 0.15) is 26.3 Å². The van der Waals surface area contributed by atoms with Crippen LogP contribution in [-0.4, -0.2) is 9.97 Å². The van der Waals surface area contributed by atoms with Gasteiger partial charge in [0.15, 0.2) is 0 Å². The van der Waals surface area contributed by atoms with Gasteiger partial charge in [0.25, 0.3) is 0 Å². The van der Waals surface area contributed by atoms with Gasteiger partial charge in [-0.1, -0.05) is 99.6 Å². The summed E-state index contributed by atoms with van der Waals surface area (Å²) in [5.74, 6) is 0.914. The number of fused-ring (bicyclic) bond motifs is 1. The largest absolute Gasteiger partial charge is 0.338 e. The highest BCUT2D eigenvalue weighted by molar-refractivity contribution is 6.28. The SMILES string of the molecule is CC(C)(C)c1cc2ccc3c(-c4ccccc4)cc(-c4nc5ccccc5[nH]4)c4ccc(c1)c2c34. The molecule has 0 aliphatic heterocycles. The zero-order valence-corrected chi connectivity index (χ0v) is 20.2. The molecule has 6 aromatic carbocycles. The summed E-state index contributed by atoms with van der Waals surface area (Å²) in [6.07, 6.45) is 0. The third-order valence-corrected chi connectivity index (χ3v) is 7.31. The Balaban J connectivity index is 1.64. The highest BCUT2D eigenvalue weighted by Crippen LogP contribution is 2.44. The first-order valence-corrected chi connectivity index (χ1v) is 12.2. The molecule has 0 unspecified atom stereocenters. The molecule has 0 saturated carbocycles. The van der Waals surface area contributed by atoms with E-state index in [1.807, 2.05) is 6.07 Å². The Morgan fingerprint density at radius 1 is 0.629 bits per heavy atom. The Morgan fingerprint density at radius 3 is 1.97 bits per heavy atom. The summed E-state index contributed by atoms with van der Waals surface area (Å²) in [6, 6.07) is 35.2. The second-order valence-corrected chi connectivity index (χ2v) is 10.6. The van der Waals surface area contributed by atoms with Gasteiger partial charge in [-0.3, -0.25) is 0 Å². The van der Waals surface area contributed by atoms with E-state index in [0.29, 0.717) is 0 Å². The molecule has 35 heavy (non-hydrogen) atoms. The number of H-pyrrole nitrogens is 1. The van der Waals surface area contributed by atoms with Crippen LogP contribution in [0.4, 0.5) is 0 Å². The average Bonchev–Trinajstić information content (AvgIpc) is 3.31. The minimum absolute atomic E-state index is 0.0963. The van der Waals surface area contributed by atoms with Gasteiger partial charge in [0, 0.05) is 5.56 Å². The molecule has 7 aromatic rings. The van der Waals surface area contributed by atoms with Gasteiger partial charge in [-0.05, 0) is 72.6 Å². The van der Waals surface area contributed by atoms with Gasteiger partial charge in [0.1, 0.15) is 5.82 Å². The van der Waals surface area contributed by atoms with Crippen LogP contribution in [0.5, 0.6) is 0 Å². The summed E-state index contributed by atoms with van der Waals surface area (Å²) < 4.78 is 0. The predicted octanol–water partition coefficient (Wildman–Crippen LogP) is 9.09. The number of rotatable bonds is 2. The molecule has 0 amide bonds. The summed E-state index contributed by atoms with van der Waals surface area (Å²) in [5.41, 5.74) is 7.11. The Labute approximate surface area is 204 Å². The monoisotopic (exact) mass is 450 g/mol. The second-order valence-electron chi connectivity index (χ2n) is 10.6. The fraction of sp³-hybridized carbons (Fsp3) is 0.121. The highest BCUT2D eigenvalue weighted by Gasteiger charge is 2.20. The topological polar surface area (TPSA) is 28.7 Å². The van der Waals surface area contributed by atoms with Crippen LogP contribution in [0.25, 0.3) is 65.9 Å². The fourth-order valence-electron chi connectivity index (χ4n) is 5.48. The molecule has 0 bridgehead atoms. The van der Waals surface area contributed by atoms with Crippen molar-refractivity contribution >= 4 is 43.4 Å². The van der Waals surface area contributed by atoms with E-state index in [0.717, 1.165) is 22.4 Å². The number of hydrogen-bond acceptors (Lipinski definition) is 1. The van der Waals surface area contributed by atoms with Crippen molar-refractivity contribution in [1.82, 2.24) is 9.97 Å². The van der Waals surface area contributed by atoms with Crippen LogP contribution < -0.4 is 0 Å². The Morgan fingerprint density at radius 2 is 1.29 bits per heavy atom. The summed E-state index contributed by atoms with van der Waals surface area (Å²) in [5, 5.41) is 7.77. The van der Waals surface area contributed by atoms with Gasteiger partial charge >= 0.3 is 0 Å². The predicted molar refractivity (Wildman–Crippen MR) is 149 cm³/mol. The maximum atomic E-state index is 4.99. The van der Waals surface area contributed by atoms with E-state index in [1.165, 1.54) is 49.0 Å². The van der Waals surface area contributed by atoms with Crippen LogP contribution in [0.2, 0.25) is 0 Å².